The summed E-state index contributed by atoms with van der Waals surface area (Å²) in [6.45, 7) is 2.76. The Balaban J connectivity index is 1.97. The number of hydrogen-bond donors (Lipinski definition) is 2. The molecule has 3 heteroatoms. The van der Waals surface area contributed by atoms with Crippen LogP contribution in [0.25, 0.3) is 0 Å². The van der Waals surface area contributed by atoms with Gasteiger partial charge in [0.15, 0.2) is 0 Å². The third kappa shape index (κ3) is 3.39. The Bertz CT molecular complexity index is 468. The first-order chi connectivity index (χ1) is 8.79. The molecular weight excluding hydrogens is 224 g/mol. The number of benzene rings is 1. The molecule has 0 radical (unpaired) electrons. The van der Waals surface area contributed by atoms with Gasteiger partial charge in [-0.15, -0.1) is 0 Å². The van der Waals surface area contributed by atoms with Gasteiger partial charge in [-0.2, -0.15) is 0 Å². The van der Waals surface area contributed by atoms with Crippen molar-refractivity contribution in [3.63, 3.8) is 0 Å². The van der Waals surface area contributed by atoms with Crippen LogP contribution in [0.15, 0.2) is 48.7 Å². The quantitative estimate of drug-likeness (QED) is 0.845. The monoisotopic (exact) mass is 242 g/mol. The minimum absolute atomic E-state index is 0.0347. The minimum Gasteiger partial charge on any atom is -0.394 e. The molecule has 0 aliphatic heterocycles. The molecule has 1 atom stereocenters. The van der Waals surface area contributed by atoms with E-state index in [0.717, 1.165) is 16.8 Å². The number of aromatic nitrogens is 1. The molecule has 0 saturated carbocycles. The molecular formula is C15H18N2O. The first-order valence-corrected chi connectivity index (χ1v) is 6.10. The van der Waals surface area contributed by atoms with Crippen molar-refractivity contribution in [3.05, 3.63) is 65.5 Å². The highest BCUT2D eigenvalue weighted by atomic mass is 16.3. The summed E-state index contributed by atoms with van der Waals surface area (Å²) in [6.07, 6.45) is 1.86. The number of pyridine rings is 1. The largest absolute Gasteiger partial charge is 0.394 e. The average Bonchev–Trinajstić information content (AvgIpc) is 2.43. The summed E-state index contributed by atoms with van der Waals surface area (Å²) in [4.78, 5) is 4.25. The van der Waals surface area contributed by atoms with Crippen LogP contribution in [-0.2, 0) is 6.54 Å². The number of nitrogens with one attached hydrogen (secondary N) is 1. The molecule has 0 aliphatic carbocycles. The van der Waals surface area contributed by atoms with Gasteiger partial charge in [-0.25, -0.2) is 0 Å². The van der Waals surface area contributed by atoms with Crippen LogP contribution in [0.4, 0.5) is 0 Å². The van der Waals surface area contributed by atoms with E-state index in [2.05, 4.69) is 16.4 Å². The number of hydrogen-bond acceptors (Lipinski definition) is 3. The molecule has 2 rings (SSSR count). The highest BCUT2D eigenvalue weighted by Gasteiger charge is 2.08. The van der Waals surface area contributed by atoms with E-state index >= 15 is 0 Å². The van der Waals surface area contributed by atoms with Gasteiger partial charge in [-0.3, -0.25) is 4.98 Å². The van der Waals surface area contributed by atoms with Gasteiger partial charge in [0.25, 0.3) is 0 Å². The molecule has 0 amide bonds. The van der Waals surface area contributed by atoms with Crippen molar-refractivity contribution in [2.45, 2.75) is 19.5 Å². The zero-order valence-corrected chi connectivity index (χ0v) is 10.5. The van der Waals surface area contributed by atoms with Gasteiger partial charge < -0.3 is 10.4 Å². The molecule has 1 aromatic heterocycles. The van der Waals surface area contributed by atoms with Gasteiger partial charge >= 0.3 is 0 Å². The Hall–Kier alpha value is -1.71. The Morgan fingerprint density at radius 2 is 1.94 bits per heavy atom. The van der Waals surface area contributed by atoms with Crippen molar-refractivity contribution in [3.8, 4) is 0 Å². The van der Waals surface area contributed by atoms with E-state index < -0.39 is 0 Å². The summed E-state index contributed by atoms with van der Waals surface area (Å²) in [5.41, 5.74) is 3.23. The summed E-state index contributed by atoms with van der Waals surface area (Å²) >= 11 is 0. The smallest absolute Gasteiger partial charge is 0.0626 e. The fraction of sp³-hybridized carbons (Fsp3) is 0.267. The summed E-state index contributed by atoms with van der Waals surface area (Å²) in [5, 5.41) is 12.8. The Kier molecular flexibility index (Phi) is 4.45. The summed E-state index contributed by atoms with van der Waals surface area (Å²) in [7, 11) is 0. The first-order valence-electron chi connectivity index (χ1n) is 6.10. The molecule has 18 heavy (non-hydrogen) atoms. The summed E-state index contributed by atoms with van der Waals surface area (Å²) in [5.74, 6) is 0. The van der Waals surface area contributed by atoms with Gasteiger partial charge in [0, 0.05) is 18.4 Å². The van der Waals surface area contributed by atoms with E-state index in [4.69, 9.17) is 0 Å². The molecule has 0 saturated heterocycles. The van der Waals surface area contributed by atoms with E-state index in [0.29, 0.717) is 6.54 Å². The van der Waals surface area contributed by atoms with Crippen molar-refractivity contribution in [2.75, 3.05) is 6.61 Å². The van der Waals surface area contributed by atoms with Crippen molar-refractivity contribution < 1.29 is 5.11 Å². The normalized spacial score (nSPS) is 12.3. The molecule has 2 aromatic rings. The fourth-order valence-electron chi connectivity index (χ4n) is 1.82. The Morgan fingerprint density at radius 1 is 1.17 bits per heavy atom. The molecule has 1 aromatic carbocycles. The van der Waals surface area contributed by atoms with Gasteiger partial charge in [-0.05, 0) is 24.1 Å². The maximum atomic E-state index is 9.42. The lowest BCUT2D eigenvalue weighted by atomic mass is 10.1. The average molecular weight is 242 g/mol. The molecule has 0 bridgehead atoms. The summed E-state index contributed by atoms with van der Waals surface area (Å²) < 4.78 is 0. The predicted octanol–water partition coefficient (Wildman–Crippen LogP) is 2.21. The van der Waals surface area contributed by atoms with Gasteiger partial charge in [-0.1, -0.05) is 36.4 Å². The van der Waals surface area contributed by atoms with Crippen molar-refractivity contribution in [1.29, 1.82) is 0 Å². The number of rotatable bonds is 5. The Morgan fingerprint density at radius 3 is 2.56 bits per heavy atom. The second kappa shape index (κ2) is 6.28. The van der Waals surface area contributed by atoms with Crippen LogP contribution in [0, 0.1) is 6.92 Å². The fourth-order valence-corrected chi connectivity index (χ4v) is 1.82. The predicted molar refractivity (Wildman–Crippen MR) is 72.1 cm³/mol. The SMILES string of the molecule is Cc1ccc(CN[C@H](CO)c2ccccc2)cn1. The number of nitrogens with zero attached hydrogens (tertiary/aromatic N) is 1. The lowest BCUT2D eigenvalue weighted by Crippen LogP contribution is -2.24. The second-order valence-electron chi connectivity index (χ2n) is 4.33. The van der Waals surface area contributed by atoms with Crippen LogP contribution in [0.5, 0.6) is 0 Å². The Labute approximate surface area is 108 Å². The molecule has 94 valence electrons. The molecule has 3 nitrogen and oxygen atoms in total. The highest BCUT2D eigenvalue weighted by molar-refractivity contribution is 5.19. The molecule has 0 fully saturated rings. The van der Waals surface area contributed by atoms with E-state index in [1.807, 2.05) is 49.5 Å². The van der Waals surface area contributed by atoms with E-state index in [1.54, 1.807) is 0 Å². The molecule has 0 aliphatic rings. The van der Waals surface area contributed by atoms with Gasteiger partial charge in [0.1, 0.15) is 0 Å². The van der Waals surface area contributed by atoms with Crippen molar-refractivity contribution in [1.82, 2.24) is 10.3 Å². The maximum Gasteiger partial charge on any atom is 0.0626 e. The van der Waals surface area contributed by atoms with E-state index in [-0.39, 0.29) is 12.6 Å². The van der Waals surface area contributed by atoms with Gasteiger partial charge in [0.2, 0.25) is 0 Å². The highest BCUT2D eigenvalue weighted by Crippen LogP contribution is 2.12. The first kappa shape index (κ1) is 12.7. The number of aryl methyl sites for hydroxylation is 1. The number of aliphatic hydroxyl groups excluding tert-OH is 1. The van der Waals surface area contributed by atoms with E-state index in [9.17, 15) is 5.11 Å². The topological polar surface area (TPSA) is 45.1 Å². The maximum absolute atomic E-state index is 9.42. The van der Waals surface area contributed by atoms with Crippen molar-refractivity contribution in [2.24, 2.45) is 0 Å². The van der Waals surface area contributed by atoms with Crippen LogP contribution < -0.4 is 5.32 Å². The third-order valence-corrected chi connectivity index (χ3v) is 2.91. The van der Waals surface area contributed by atoms with E-state index in [1.165, 1.54) is 0 Å². The van der Waals surface area contributed by atoms with Crippen LogP contribution in [0.1, 0.15) is 22.9 Å². The van der Waals surface area contributed by atoms with Crippen LogP contribution in [0.3, 0.4) is 0 Å². The number of aliphatic hydroxyl groups is 1. The van der Waals surface area contributed by atoms with Crippen LogP contribution in [0.2, 0.25) is 0 Å². The van der Waals surface area contributed by atoms with Crippen LogP contribution >= 0.6 is 0 Å². The molecule has 2 N–H and O–H groups in total. The van der Waals surface area contributed by atoms with Gasteiger partial charge in [0.05, 0.1) is 12.6 Å². The lowest BCUT2D eigenvalue weighted by Gasteiger charge is -2.16. The standard InChI is InChI=1S/C15H18N2O/c1-12-7-8-13(9-16-12)10-17-15(11-18)14-5-3-2-4-6-14/h2-9,15,17-18H,10-11H2,1H3/t15-/m1/s1. The van der Waals surface area contributed by atoms with Crippen LogP contribution in [-0.4, -0.2) is 16.7 Å². The lowest BCUT2D eigenvalue weighted by molar-refractivity contribution is 0.243. The van der Waals surface area contributed by atoms with Crippen molar-refractivity contribution >= 4 is 0 Å². The molecule has 0 spiro atoms. The molecule has 1 heterocycles. The minimum atomic E-state index is -0.0347. The zero-order valence-electron chi connectivity index (χ0n) is 10.5. The third-order valence-electron chi connectivity index (χ3n) is 2.91. The summed E-state index contributed by atoms with van der Waals surface area (Å²) in [6, 6.07) is 14.0. The molecule has 0 unspecified atom stereocenters. The second-order valence-corrected chi connectivity index (χ2v) is 4.33. The zero-order chi connectivity index (χ0) is 12.8.